The molecule has 0 radical (unpaired) electrons. The monoisotopic (exact) mass is 310 g/mol. The molecule has 4 rings (SSSR count). The first-order valence-electron chi connectivity index (χ1n) is 7.31. The van der Waals surface area contributed by atoms with Gasteiger partial charge in [-0.15, -0.1) is 0 Å². The normalized spacial score (nSPS) is 14.0. The van der Waals surface area contributed by atoms with Gasteiger partial charge in [0.25, 0.3) is 5.91 Å². The zero-order valence-corrected chi connectivity index (χ0v) is 12.9. The lowest BCUT2D eigenvalue weighted by Crippen LogP contribution is -2.34. The number of aryl methyl sites for hydroxylation is 1. The standard InChI is InChI=1S/C18H15ClN2O/c1-11-8-13-10-16-18(22)20-6-7-21(16)17(13)15(9-11)12-2-4-14(19)5-3-12/h2-5,8-10H,6-7H2,1H3,(H,20,22). The van der Waals surface area contributed by atoms with Gasteiger partial charge in [0.15, 0.2) is 0 Å². The summed E-state index contributed by atoms with van der Waals surface area (Å²) in [5, 5.41) is 4.74. The van der Waals surface area contributed by atoms with Gasteiger partial charge in [-0.05, 0) is 48.4 Å². The minimum Gasteiger partial charge on any atom is -0.349 e. The van der Waals surface area contributed by atoms with Crippen LogP contribution in [0.3, 0.4) is 0 Å². The molecule has 0 atom stereocenters. The highest BCUT2D eigenvalue weighted by Gasteiger charge is 2.21. The molecule has 1 N–H and O–H groups in total. The van der Waals surface area contributed by atoms with Crippen molar-refractivity contribution in [1.82, 2.24) is 9.88 Å². The van der Waals surface area contributed by atoms with E-state index in [1.807, 2.05) is 30.3 Å². The number of hydrogen-bond donors (Lipinski definition) is 1. The van der Waals surface area contributed by atoms with Crippen LogP contribution in [-0.2, 0) is 6.54 Å². The Balaban J connectivity index is 2.05. The van der Waals surface area contributed by atoms with Crippen LogP contribution in [-0.4, -0.2) is 17.0 Å². The Bertz CT molecular complexity index is 894. The molecular formula is C18H15ClN2O. The zero-order chi connectivity index (χ0) is 15.3. The van der Waals surface area contributed by atoms with Gasteiger partial charge in [-0.2, -0.15) is 0 Å². The van der Waals surface area contributed by atoms with Crippen LogP contribution in [0, 0.1) is 6.92 Å². The van der Waals surface area contributed by atoms with E-state index < -0.39 is 0 Å². The van der Waals surface area contributed by atoms with Crippen molar-refractivity contribution in [3.63, 3.8) is 0 Å². The van der Waals surface area contributed by atoms with Crippen molar-refractivity contribution >= 4 is 28.4 Å². The van der Waals surface area contributed by atoms with Crippen LogP contribution < -0.4 is 5.32 Å². The maximum Gasteiger partial charge on any atom is 0.268 e. The number of amides is 1. The smallest absolute Gasteiger partial charge is 0.268 e. The van der Waals surface area contributed by atoms with E-state index in [0.29, 0.717) is 6.54 Å². The first kappa shape index (κ1) is 13.4. The van der Waals surface area contributed by atoms with Crippen molar-refractivity contribution in [1.29, 1.82) is 0 Å². The molecule has 1 aliphatic rings. The third-order valence-corrected chi connectivity index (χ3v) is 4.40. The van der Waals surface area contributed by atoms with Gasteiger partial charge in [-0.3, -0.25) is 4.79 Å². The van der Waals surface area contributed by atoms with Crippen molar-refractivity contribution in [2.24, 2.45) is 0 Å². The molecule has 22 heavy (non-hydrogen) atoms. The van der Waals surface area contributed by atoms with Crippen LogP contribution >= 0.6 is 11.6 Å². The van der Waals surface area contributed by atoms with Crippen molar-refractivity contribution in [2.45, 2.75) is 13.5 Å². The highest BCUT2D eigenvalue weighted by molar-refractivity contribution is 6.30. The SMILES string of the molecule is Cc1cc(-c2ccc(Cl)cc2)c2c(c1)cc1n2CCNC1=O. The maximum absolute atomic E-state index is 12.1. The molecular weight excluding hydrogens is 296 g/mol. The van der Waals surface area contributed by atoms with Gasteiger partial charge < -0.3 is 9.88 Å². The average Bonchev–Trinajstić information content (AvgIpc) is 2.87. The lowest BCUT2D eigenvalue weighted by atomic mass is 10.0. The van der Waals surface area contributed by atoms with E-state index in [4.69, 9.17) is 11.6 Å². The first-order chi connectivity index (χ1) is 10.6. The fourth-order valence-corrected chi connectivity index (χ4v) is 3.33. The fourth-order valence-electron chi connectivity index (χ4n) is 3.21. The van der Waals surface area contributed by atoms with E-state index in [9.17, 15) is 4.79 Å². The molecule has 3 nitrogen and oxygen atoms in total. The van der Waals surface area contributed by atoms with Crippen molar-refractivity contribution < 1.29 is 4.79 Å². The lowest BCUT2D eigenvalue weighted by molar-refractivity contribution is 0.0929. The quantitative estimate of drug-likeness (QED) is 0.724. The van der Waals surface area contributed by atoms with Gasteiger partial charge >= 0.3 is 0 Å². The number of carbonyl (C=O) groups excluding carboxylic acids is 1. The van der Waals surface area contributed by atoms with Crippen LogP contribution in [0.5, 0.6) is 0 Å². The van der Waals surface area contributed by atoms with Gasteiger partial charge in [-0.1, -0.05) is 23.7 Å². The van der Waals surface area contributed by atoms with E-state index in [1.165, 1.54) is 5.56 Å². The third-order valence-electron chi connectivity index (χ3n) is 4.15. The lowest BCUT2D eigenvalue weighted by Gasteiger charge is -2.18. The topological polar surface area (TPSA) is 34.0 Å². The molecule has 3 aromatic rings. The Kier molecular flexibility index (Phi) is 2.98. The van der Waals surface area contributed by atoms with Crippen molar-refractivity contribution in [3.05, 3.63) is 58.7 Å². The molecule has 0 saturated carbocycles. The second-order valence-electron chi connectivity index (χ2n) is 5.69. The summed E-state index contributed by atoms with van der Waals surface area (Å²) in [5.41, 5.74) is 5.30. The number of fused-ring (bicyclic) bond motifs is 3. The van der Waals surface area contributed by atoms with Gasteiger partial charge in [0.05, 0.1) is 5.52 Å². The second kappa shape index (κ2) is 4.89. The summed E-state index contributed by atoms with van der Waals surface area (Å²) in [5.74, 6) is 0.00200. The molecule has 1 aromatic heterocycles. The van der Waals surface area contributed by atoms with Gasteiger partial charge in [0, 0.05) is 29.1 Å². The third kappa shape index (κ3) is 2.01. The summed E-state index contributed by atoms with van der Waals surface area (Å²) in [6.45, 7) is 3.55. The molecule has 110 valence electrons. The number of carbonyl (C=O) groups is 1. The molecule has 1 aliphatic heterocycles. The Hall–Kier alpha value is -2.26. The number of halogens is 1. The Morgan fingerprint density at radius 2 is 1.91 bits per heavy atom. The van der Waals surface area contributed by atoms with Crippen LogP contribution in [0.2, 0.25) is 5.02 Å². The number of nitrogens with one attached hydrogen (secondary N) is 1. The minimum absolute atomic E-state index is 0.00200. The van der Waals surface area contributed by atoms with Crippen LogP contribution in [0.25, 0.3) is 22.0 Å². The molecule has 0 saturated heterocycles. The van der Waals surface area contributed by atoms with Crippen molar-refractivity contribution in [3.8, 4) is 11.1 Å². The van der Waals surface area contributed by atoms with Gasteiger partial charge in [-0.25, -0.2) is 0 Å². The van der Waals surface area contributed by atoms with Gasteiger partial charge in [0.1, 0.15) is 5.69 Å². The summed E-state index contributed by atoms with van der Waals surface area (Å²) in [7, 11) is 0. The Morgan fingerprint density at radius 1 is 1.14 bits per heavy atom. The molecule has 2 heterocycles. The number of nitrogens with zero attached hydrogens (tertiary/aromatic N) is 1. The van der Waals surface area contributed by atoms with E-state index in [1.54, 1.807) is 0 Å². The highest BCUT2D eigenvalue weighted by Crippen LogP contribution is 2.33. The van der Waals surface area contributed by atoms with Gasteiger partial charge in [0.2, 0.25) is 0 Å². The second-order valence-corrected chi connectivity index (χ2v) is 6.13. The van der Waals surface area contributed by atoms with E-state index in [0.717, 1.165) is 39.3 Å². The largest absolute Gasteiger partial charge is 0.349 e. The number of aromatic nitrogens is 1. The molecule has 0 aliphatic carbocycles. The molecule has 4 heteroatoms. The van der Waals surface area contributed by atoms with E-state index >= 15 is 0 Å². The summed E-state index contributed by atoms with van der Waals surface area (Å²) < 4.78 is 2.12. The van der Waals surface area contributed by atoms with Crippen LogP contribution in [0.1, 0.15) is 16.1 Å². The van der Waals surface area contributed by atoms with Crippen LogP contribution in [0.4, 0.5) is 0 Å². The first-order valence-corrected chi connectivity index (χ1v) is 7.69. The number of hydrogen-bond acceptors (Lipinski definition) is 1. The Labute approximate surface area is 133 Å². The molecule has 0 fully saturated rings. The average molecular weight is 311 g/mol. The highest BCUT2D eigenvalue weighted by atomic mass is 35.5. The minimum atomic E-state index is 0.00200. The summed E-state index contributed by atoms with van der Waals surface area (Å²) >= 11 is 6.00. The fraction of sp³-hybridized carbons (Fsp3) is 0.167. The van der Waals surface area contributed by atoms with Crippen LogP contribution in [0.15, 0.2) is 42.5 Å². The molecule has 0 unspecified atom stereocenters. The molecule has 2 aromatic carbocycles. The van der Waals surface area contributed by atoms with Crippen molar-refractivity contribution in [2.75, 3.05) is 6.54 Å². The summed E-state index contributed by atoms with van der Waals surface area (Å²) in [6, 6.07) is 14.1. The number of benzene rings is 2. The molecule has 0 spiro atoms. The predicted octanol–water partition coefficient (Wildman–Crippen LogP) is 4.01. The molecule has 1 amide bonds. The summed E-state index contributed by atoms with van der Waals surface area (Å²) in [6.07, 6.45) is 0. The Morgan fingerprint density at radius 3 is 2.68 bits per heavy atom. The predicted molar refractivity (Wildman–Crippen MR) is 89.5 cm³/mol. The number of rotatable bonds is 1. The summed E-state index contributed by atoms with van der Waals surface area (Å²) in [4.78, 5) is 12.1. The van der Waals surface area contributed by atoms with E-state index in [-0.39, 0.29) is 5.91 Å². The molecule has 0 bridgehead atoms. The maximum atomic E-state index is 12.1. The zero-order valence-electron chi connectivity index (χ0n) is 12.2. The van der Waals surface area contributed by atoms with E-state index in [2.05, 4.69) is 28.9 Å².